The third-order valence-corrected chi connectivity index (χ3v) is 2.17. The second-order valence-electron chi connectivity index (χ2n) is 3.50. The summed E-state index contributed by atoms with van der Waals surface area (Å²) < 4.78 is 0. The topological polar surface area (TPSA) is 63.3 Å². The summed E-state index contributed by atoms with van der Waals surface area (Å²) in [5.74, 6) is -0.872. The van der Waals surface area contributed by atoms with Gasteiger partial charge in [0.1, 0.15) is 0 Å². The summed E-state index contributed by atoms with van der Waals surface area (Å²) in [5, 5.41) is 8.59. The highest BCUT2D eigenvalue weighted by Gasteiger charge is 2.09. The van der Waals surface area contributed by atoms with Crippen molar-refractivity contribution in [2.24, 2.45) is 5.73 Å². The molecule has 1 aromatic carbocycles. The Balaban J connectivity index is 2.71. The van der Waals surface area contributed by atoms with Crippen molar-refractivity contribution in [3.8, 4) is 0 Å². The predicted octanol–water partition coefficient (Wildman–Crippen LogP) is 1.89. The average molecular weight is 205 g/mol. The van der Waals surface area contributed by atoms with Crippen LogP contribution in [0.15, 0.2) is 35.9 Å². The Bertz CT molecular complexity index is 357. The summed E-state index contributed by atoms with van der Waals surface area (Å²) in [7, 11) is 0. The molecule has 80 valence electrons. The summed E-state index contributed by atoms with van der Waals surface area (Å²) in [6.45, 7) is 1.85. The molecule has 0 saturated heterocycles. The number of benzene rings is 1. The standard InChI is InChI=1S/C12H15NO2/c1-9(11(13)8-12(14)15)7-10-5-3-2-4-6-10/h2-7,11H,8,13H2,1H3,(H,14,15). The molecule has 15 heavy (non-hydrogen) atoms. The molecule has 3 nitrogen and oxygen atoms in total. The third kappa shape index (κ3) is 3.95. The average Bonchev–Trinajstić information content (AvgIpc) is 2.18. The van der Waals surface area contributed by atoms with Crippen LogP contribution in [-0.2, 0) is 4.79 Å². The van der Waals surface area contributed by atoms with E-state index in [9.17, 15) is 4.79 Å². The molecule has 0 fully saturated rings. The van der Waals surface area contributed by atoms with Crippen molar-refractivity contribution in [1.82, 2.24) is 0 Å². The Morgan fingerprint density at radius 2 is 2.07 bits per heavy atom. The van der Waals surface area contributed by atoms with Gasteiger partial charge in [0.2, 0.25) is 0 Å². The smallest absolute Gasteiger partial charge is 0.305 e. The van der Waals surface area contributed by atoms with Gasteiger partial charge in [-0.05, 0) is 12.5 Å². The molecule has 0 aliphatic heterocycles. The molecule has 1 unspecified atom stereocenters. The van der Waals surface area contributed by atoms with Crippen LogP contribution in [-0.4, -0.2) is 17.1 Å². The van der Waals surface area contributed by atoms with Gasteiger partial charge in [-0.25, -0.2) is 0 Å². The van der Waals surface area contributed by atoms with E-state index < -0.39 is 12.0 Å². The fraction of sp³-hybridized carbons (Fsp3) is 0.250. The number of nitrogens with two attached hydrogens (primary N) is 1. The number of rotatable bonds is 4. The predicted molar refractivity (Wildman–Crippen MR) is 60.3 cm³/mol. The second-order valence-corrected chi connectivity index (χ2v) is 3.50. The van der Waals surface area contributed by atoms with Gasteiger partial charge in [-0.2, -0.15) is 0 Å². The van der Waals surface area contributed by atoms with E-state index in [-0.39, 0.29) is 6.42 Å². The first-order valence-corrected chi connectivity index (χ1v) is 4.80. The lowest BCUT2D eigenvalue weighted by Crippen LogP contribution is -2.24. The highest BCUT2D eigenvalue weighted by molar-refractivity contribution is 5.69. The fourth-order valence-corrected chi connectivity index (χ4v) is 1.27. The number of carboxylic acid groups (broad SMARTS) is 1. The first-order valence-electron chi connectivity index (χ1n) is 4.80. The van der Waals surface area contributed by atoms with Gasteiger partial charge in [-0.15, -0.1) is 0 Å². The first-order chi connectivity index (χ1) is 7.09. The Hall–Kier alpha value is -1.61. The zero-order valence-corrected chi connectivity index (χ0v) is 8.68. The van der Waals surface area contributed by atoms with Crippen molar-refractivity contribution in [2.45, 2.75) is 19.4 Å². The van der Waals surface area contributed by atoms with Gasteiger partial charge in [0.05, 0.1) is 6.42 Å². The van der Waals surface area contributed by atoms with Crippen molar-refractivity contribution < 1.29 is 9.90 Å². The van der Waals surface area contributed by atoms with Gasteiger partial charge in [0.25, 0.3) is 0 Å². The van der Waals surface area contributed by atoms with E-state index in [1.807, 2.05) is 43.3 Å². The summed E-state index contributed by atoms with van der Waals surface area (Å²) in [6.07, 6.45) is 1.88. The van der Waals surface area contributed by atoms with Gasteiger partial charge in [-0.3, -0.25) is 4.79 Å². The van der Waals surface area contributed by atoms with Crippen molar-refractivity contribution in [3.63, 3.8) is 0 Å². The molecule has 3 heteroatoms. The lowest BCUT2D eigenvalue weighted by Gasteiger charge is -2.09. The van der Waals surface area contributed by atoms with E-state index in [1.165, 1.54) is 0 Å². The number of carboxylic acids is 1. The van der Waals surface area contributed by atoms with Crippen molar-refractivity contribution >= 4 is 12.0 Å². The van der Waals surface area contributed by atoms with Gasteiger partial charge in [-0.1, -0.05) is 42.0 Å². The van der Waals surface area contributed by atoms with Gasteiger partial charge in [0.15, 0.2) is 0 Å². The van der Waals surface area contributed by atoms with Crippen LogP contribution in [0.5, 0.6) is 0 Å². The number of hydrogen-bond acceptors (Lipinski definition) is 2. The zero-order valence-electron chi connectivity index (χ0n) is 8.68. The monoisotopic (exact) mass is 205 g/mol. The number of hydrogen-bond donors (Lipinski definition) is 2. The zero-order chi connectivity index (χ0) is 11.3. The lowest BCUT2D eigenvalue weighted by molar-refractivity contribution is -0.137. The molecule has 1 aromatic rings. The largest absolute Gasteiger partial charge is 0.481 e. The molecular formula is C12H15NO2. The summed E-state index contributed by atoms with van der Waals surface area (Å²) in [5.41, 5.74) is 7.63. The van der Waals surface area contributed by atoms with E-state index >= 15 is 0 Å². The van der Waals surface area contributed by atoms with Crippen LogP contribution in [0.4, 0.5) is 0 Å². The molecule has 0 radical (unpaired) electrons. The summed E-state index contributed by atoms with van der Waals surface area (Å²) >= 11 is 0. The van der Waals surface area contributed by atoms with Crippen molar-refractivity contribution in [1.29, 1.82) is 0 Å². The molecule has 3 N–H and O–H groups in total. The van der Waals surface area contributed by atoms with Crippen LogP contribution in [0.1, 0.15) is 18.9 Å². The van der Waals surface area contributed by atoms with Crippen LogP contribution in [0.25, 0.3) is 6.08 Å². The SMILES string of the molecule is CC(=Cc1ccccc1)C(N)CC(=O)O. The molecule has 0 aromatic heterocycles. The minimum atomic E-state index is -0.872. The molecule has 1 atom stereocenters. The van der Waals surface area contributed by atoms with E-state index in [0.717, 1.165) is 11.1 Å². The van der Waals surface area contributed by atoms with E-state index in [2.05, 4.69) is 0 Å². The van der Waals surface area contributed by atoms with Gasteiger partial charge < -0.3 is 10.8 Å². The van der Waals surface area contributed by atoms with Crippen molar-refractivity contribution in [3.05, 3.63) is 41.5 Å². The highest BCUT2D eigenvalue weighted by Crippen LogP contribution is 2.10. The number of carbonyl (C=O) groups is 1. The maximum Gasteiger partial charge on any atom is 0.305 e. The third-order valence-electron chi connectivity index (χ3n) is 2.17. The van der Waals surface area contributed by atoms with Crippen LogP contribution < -0.4 is 5.73 Å². The quantitative estimate of drug-likeness (QED) is 0.789. The molecule has 0 bridgehead atoms. The molecule has 0 saturated carbocycles. The molecule has 0 amide bonds. The fourth-order valence-electron chi connectivity index (χ4n) is 1.27. The molecule has 1 rings (SSSR count). The van der Waals surface area contributed by atoms with E-state index in [0.29, 0.717) is 0 Å². The maximum atomic E-state index is 10.5. The lowest BCUT2D eigenvalue weighted by atomic mass is 10.0. The maximum absolute atomic E-state index is 10.5. The Labute approximate surface area is 89.2 Å². The van der Waals surface area contributed by atoms with Crippen LogP contribution in [0.3, 0.4) is 0 Å². The van der Waals surface area contributed by atoms with Crippen molar-refractivity contribution in [2.75, 3.05) is 0 Å². The highest BCUT2D eigenvalue weighted by atomic mass is 16.4. The Morgan fingerprint density at radius 1 is 1.47 bits per heavy atom. The van der Waals surface area contributed by atoms with Crippen LogP contribution in [0, 0.1) is 0 Å². The Morgan fingerprint density at radius 3 is 2.60 bits per heavy atom. The van der Waals surface area contributed by atoms with Gasteiger partial charge >= 0.3 is 5.97 Å². The molecule has 0 aliphatic carbocycles. The Kier molecular flexibility index (Phi) is 4.06. The minimum Gasteiger partial charge on any atom is -0.481 e. The number of aliphatic carboxylic acids is 1. The minimum absolute atomic E-state index is 0.0326. The second kappa shape index (κ2) is 5.32. The van der Waals surface area contributed by atoms with Gasteiger partial charge in [0, 0.05) is 6.04 Å². The molecule has 0 aliphatic rings. The summed E-state index contributed by atoms with van der Waals surface area (Å²) in [6, 6.07) is 9.30. The first kappa shape index (κ1) is 11.5. The normalized spacial score (nSPS) is 13.6. The summed E-state index contributed by atoms with van der Waals surface area (Å²) in [4.78, 5) is 10.5. The molecular weight excluding hydrogens is 190 g/mol. The van der Waals surface area contributed by atoms with Crippen LogP contribution in [0.2, 0.25) is 0 Å². The van der Waals surface area contributed by atoms with E-state index in [1.54, 1.807) is 0 Å². The molecule has 0 heterocycles. The molecule has 0 spiro atoms. The van der Waals surface area contributed by atoms with E-state index in [4.69, 9.17) is 10.8 Å². The van der Waals surface area contributed by atoms with Crippen LogP contribution >= 0.6 is 0 Å².